The summed E-state index contributed by atoms with van der Waals surface area (Å²) < 4.78 is 67.0. The molecule has 0 fully saturated rings. The van der Waals surface area contributed by atoms with Crippen molar-refractivity contribution in [3.63, 3.8) is 0 Å². The van der Waals surface area contributed by atoms with Crippen molar-refractivity contribution in [2.24, 2.45) is 5.73 Å². The van der Waals surface area contributed by atoms with Crippen LogP contribution in [0.15, 0.2) is 29.2 Å². The zero-order chi connectivity index (χ0) is 16.1. The summed E-state index contributed by atoms with van der Waals surface area (Å²) in [6.07, 6.45) is -4.59. The highest BCUT2D eigenvalue weighted by Crippen LogP contribution is 2.23. The van der Waals surface area contributed by atoms with Crippen LogP contribution in [0.3, 0.4) is 0 Å². The van der Waals surface area contributed by atoms with Crippen molar-refractivity contribution in [3.05, 3.63) is 24.3 Å². The number of nitrogens with two attached hydrogens (primary N) is 1. The highest BCUT2D eigenvalue weighted by molar-refractivity contribution is 7.89. The third-order valence-electron chi connectivity index (χ3n) is 2.56. The molecule has 0 unspecified atom stereocenters. The fraction of sp³-hybridized carbons (Fsp3) is 0.500. The summed E-state index contributed by atoms with van der Waals surface area (Å²) in [5, 5.41) is 0. The Hall–Kier alpha value is -1.32. The number of halogens is 3. The summed E-state index contributed by atoms with van der Waals surface area (Å²) in [5.41, 5.74) is 5.26. The standard InChI is InChI=1S/C12H17F3N2O3S/c1-2-17(9-12(13,14)15)21(18,19)11-5-3-10(4-6-11)20-8-7-16/h3-6H,2,7-9,16H2,1H3. The molecule has 0 spiro atoms. The van der Waals surface area contributed by atoms with Gasteiger partial charge in [0.05, 0.1) is 4.90 Å². The molecule has 21 heavy (non-hydrogen) atoms. The van der Waals surface area contributed by atoms with Crippen molar-refractivity contribution < 1.29 is 26.3 Å². The zero-order valence-corrected chi connectivity index (χ0v) is 12.2. The maximum atomic E-state index is 12.4. The Balaban J connectivity index is 2.95. The number of alkyl halides is 3. The number of hydrogen-bond acceptors (Lipinski definition) is 4. The number of ether oxygens (including phenoxy) is 1. The largest absolute Gasteiger partial charge is 0.492 e. The summed E-state index contributed by atoms with van der Waals surface area (Å²) in [6.45, 7) is 0.128. The van der Waals surface area contributed by atoms with Crippen LogP contribution in [-0.2, 0) is 10.0 Å². The average Bonchev–Trinajstić information content (AvgIpc) is 2.41. The predicted octanol–water partition coefficient (Wildman–Crippen LogP) is 1.60. The number of rotatable bonds is 7. The number of hydrogen-bond donors (Lipinski definition) is 1. The molecule has 0 heterocycles. The van der Waals surface area contributed by atoms with Crippen LogP contribution in [0.5, 0.6) is 5.75 Å². The molecular weight excluding hydrogens is 309 g/mol. The van der Waals surface area contributed by atoms with Gasteiger partial charge in [0.25, 0.3) is 0 Å². The molecule has 1 aromatic rings. The van der Waals surface area contributed by atoms with E-state index in [0.717, 1.165) is 0 Å². The number of sulfonamides is 1. The topological polar surface area (TPSA) is 72.6 Å². The Morgan fingerprint density at radius 3 is 2.24 bits per heavy atom. The lowest BCUT2D eigenvalue weighted by molar-refractivity contribution is -0.135. The van der Waals surface area contributed by atoms with Crippen molar-refractivity contribution >= 4 is 10.0 Å². The van der Waals surface area contributed by atoms with Crippen LogP contribution in [0.2, 0.25) is 0 Å². The SMILES string of the molecule is CCN(CC(F)(F)F)S(=O)(=O)c1ccc(OCCN)cc1. The van der Waals surface area contributed by atoms with Gasteiger partial charge in [0.2, 0.25) is 10.0 Å². The summed E-state index contributed by atoms with van der Waals surface area (Å²) in [5.74, 6) is 0.401. The van der Waals surface area contributed by atoms with Crippen LogP contribution in [0.4, 0.5) is 13.2 Å². The minimum atomic E-state index is -4.59. The van der Waals surface area contributed by atoms with Gasteiger partial charge >= 0.3 is 6.18 Å². The first-order valence-corrected chi connectivity index (χ1v) is 7.64. The highest BCUT2D eigenvalue weighted by atomic mass is 32.2. The third-order valence-corrected chi connectivity index (χ3v) is 4.49. The Bertz CT molecular complexity index is 544. The molecular formula is C12H17F3N2O3S. The Labute approximate surface area is 121 Å². The molecule has 0 aromatic heterocycles. The molecule has 5 nitrogen and oxygen atoms in total. The molecule has 0 radical (unpaired) electrons. The lowest BCUT2D eigenvalue weighted by atomic mass is 10.3. The Morgan fingerprint density at radius 1 is 1.24 bits per heavy atom. The van der Waals surface area contributed by atoms with Crippen LogP contribution < -0.4 is 10.5 Å². The van der Waals surface area contributed by atoms with Crippen LogP contribution in [-0.4, -0.2) is 45.1 Å². The van der Waals surface area contributed by atoms with Crippen molar-refractivity contribution in [1.29, 1.82) is 0 Å². The lowest BCUT2D eigenvalue weighted by Crippen LogP contribution is -2.38. The number of benzene rings is 1. The van der Waals surface area contributed by atoms with Crippen LogP contribution in [0.1, 0.15) is 6.92 Å². The minimum absolute atomic E-state index is 0.214. The monoisotopic (exact) mass is 326 g/mol. The number of nitrogens with zero attached hydrogens (tertiary/aromatic N) is 1. The molecule has 120 valence electrons. The van der Waals surface area contributed by atoms with Crippen molar-refractivity contribution in [3.8, 4) is 5.75 Å². The van der Waals surface area contributed by atoms with Gasteiger partial charge in [0.1, 0.15) is 18.9 Å². The molecule has 1 rings (SSSR count). The van der Waals surface area contributed by atoms with Crippen LogP contribution in [0.25, 0.3) is 0 Å². The summed E-state index contributed by atoms with van der Waals surface area (Å²) in [7, 11) is -4.19. The molecule has 0 amide bonds. The molecule has 0 saturated heterocycles. The molecule has 0 aliphatic heterocycles. The van der Waals surface area contributed by atoms with Crippen molar-refractivity contribution in [2.75, 3.05) is 26.2 Å². The smallest absolute Gasteiger partial charge is 0.402 e. The van der Waals surface area contributed by atoms with Gasteiger partial charge in [-0.15, -0.1) is 0 Å². The zero-order valence-electron chi connectivity index (χ0n) is 11.4. The van der Waals surface area contributed by atoms with Crippen molar-refractivity contribution in [1.82, 2.24) is 4.31 Å². The molecule has 2 N–H and O–H groups in total. The van der Waals surface area contributed by atoms with E-state index < -0.39 is 22.7 Å². The third kappa shape index (κ3) is 5.18. The van der Waals surface area contributed by atoms with Gasteiger partial charge in [-0.3, -0.25) is 0 Å². The van der Waals surface area contributed by atoms with E-state index in [0.29, 0.717) is 16.6 Å². The van der Waals surface area contributed by atoms with Gasteiger partial charge in [0.15, 0.2) is 0 Å². The first kappa shape index (κ1) is 17.7. The highest BCUT2D eigenvalue weighted by Gasteiger charge is 2.36. The molecule has 0 aliphatic carbocycles. The van der Waals surface area contributed by atoms with Gasteiger partial charge in [0, 0.05) is 13.1 Å². The van der Waals surface area contributed by atoms with Gasteiger partial charge in [-0.25, -0.2) is 8.42 Å². The van der Waals surface area contributed by atoms with E-state index in [1.165, 1.54) is 31.2 Å². The summed E-state index contributed by atoms with van der Waals surface area (Å²) in [4.78, 5) is -0.214. The average molecular weight is 326 g/mol. The normalized spacial score (nSPS) is 12.7. The molecule has 0 bridgehead atoms. The van der Waals surface area contributed by atoms with Crippen LogP contribution in [0, 0.1) is 0 Å². The maximum Gasteiger partial charge on any atom is 0.402 e. The van der Waals surface area contributed by atoms with Crippen molar-refractivity contribution in [2.45, 2.75) is 18.0 Å². The van der Waals surface area contributed by atoms with E-state index in [1.54, 1.807) is 0 Å². The van der Waals surface area contributed by atoms with E-state index >= 15 is 0 Å². The lowest BCUT2D eigenvalue weighted by Gasteiger charge is -2.21. The summed E-state index contributed by atoms with van der Waals surface area (Å²) in [6, 6.07) is 5.17. The second kappa shape index (κ2) is 7.10. The van der Waals surface area contributed by atoms with E-state index in [4.69, 9.17) is 10.5 Å². The van der Waals surface area contributed by atoms with Crippen LogP contribution >= 0.6 is 0 Å². The molecule has 0 atom stereocenters. The predicted molar refractivity (Wildman–Crippen MR) is 71.5 cm³/mol. The van der Waals surface area contributed by atoms with E-state index in [1.807, 2.05) is 0 Å². The first-order valence-electron chi connectivity index (χ1n) is 6.20. The van der Waals surface area contributed by atoms with E-state index in [9.17, 15) is 21.6 Å². The van der Waals surface area contributed by atoms with Gasteiger partial charge < -0.3 is 10.5 Å². The Kier molecular flexibility index (Phi) is 5.99. The minimum Gasteiger partial charge on any atom is -0.492 e. The second-order valence-electron chi connectivity index (χ2n) is 4.15. The van der Waals surface area contributed by atoms with E-state index in [-0.39, 0.29) is 18.0 Å². The van der Waals surface area contributed by atoms with E-state index in [2.05, 4.69) is 0 Å². The second-order valence-corrected chi connectivity index (χ2v) is 6.09. The Morgan fingerprint density at radius 2 is 1.81 bits per heavy atom. The molecule has 9 heteroatoms. The van der Waals surface area contributed by atoms with Gasteiger partial charge in [-0.2, -0.15) is 17.5 Å². The molecule has 0 saturated carbocycles. The van der Waals surface area contributed by atoms with Gasteiger partial charge in [-0.1, -0.05) is 6.92 Å². The maximum absolute atomic E-state index is 12.4. The van der Waals surface area contributed by atoms with Gasteiger partial charge in [-0.05, 0) is 24.3 Å². The quantitative estimate of drug-likeness (QED) is 0.826. The molecule has 0 aliphatic rings. The fourth-order valence-electron chi connectivity index (χ4n) is 1.60. The molecule has 1 aromatic carbocycles. The first-order chi connectivity index (χ1) is 9.70. The fourth-order valence-corrected chi connectivity index (χ4v) is 3.03. The summed E-state index contributed by atoms with van der Waals surface area (Å²) >= 11 is 0.